The van der Waals surface area contributed by atoms with Gasteiger partial charge in [0.05, 0.1) is 6.61 Å². The molecular weight excluding hydrogens is 200 g/mol. The van der Waals surface area contributed by atoms with Crippen LogP contribution in [0.1, 0.15) is 36.9 Å². The van der Waals surface area contributed by atoms with Crippen molar-refractivity contribution in [3.63, 3.8) is 0 Å². The van der Waals surface area contributed by atoms with Crippen molar-refractivity contribution in [2.45, 2.75) is 32.3 Å². The van der Waals surface area contributed by atoms with Crippen molar-refractivity contribution in [2.24, 2.45) is 5.92 Å². The van der Waals surface area contributed by atoms with Gasteiger partial charge in [0.2, 0.25) is 0 Å². The summed E-state index contributed by atoms with van der Waals surface area (Å²) in [7, 11) is 0. The molecule has 0 aliphatic heterocycles. The number of rotatable bonds is 5. The van der Waals surface area contributed by atoms with E-state index in [2.05, 4.69) is 4.98 Å². The fourth-order valence-electron chi connectivity index (χ4n) is 1.85. The summed E-state index contributed by atoms with van der Waals surface area (Å²) in [6.45, 7) is 1.42. The molecule has 2 rings (SSSR count). The lowest BCUT2D eigenvalue weighted by molar-refractivity contribution is 0.0949. The van der Waals surface area contributed by atoms with Gasteiger partial charge in [-0.05, 0) is 30.0 Å². The Morgan fingerprint density at radius 3 is 3.06 bits per heavy atom. The third kappa shape index (κ3) is 3.04. The fourth-order valence-corrected chi connectivity index (χ4v) is 1.85. The van der Waals surface area contributed by atoms with Crippen LogP contribution in [-0.4, -0.2) is 11.6 Å². The number of nitriles is 1. The van der Waals surface area contributed by atoms with Crippen LogP contribution in [0.25, 0.3) is 0 Å². The predicted octanol–water partition coefficient (Wildman–Crippen LogP) is 2.66. The van der Waals surface area contributed by atoms with Gasteiger partial charge in [0.15, 0.2) is 0 Å². The van der Waals surface area contributed by atoms with Crippen molar-refractivity contribution < 1.29 is 4.74 Å². The molecule has 0 radical (unpaired) electrons. The van der Waals surface area contributed by atoms with Gasteiger partial charge in [-0.15, -0.1) is 0 Å². The lowest BCUT2D eigenvalue weighted by atomic mass is 9.83. The van der Waals surface area contributed by atoms with Gasteiger partial charge in [-0.3, -0.25) is 0 Å². The first-order valence-corrected chi connectivity index (χ1v) is 5.81. The highest BCUT2D eigenvalue weighted by molar-refractivity contribution is 5.24. The van der Waals surface area contributed by atoms with E-state index in [-0.39, 0.29) is 0 Å². The molecule has 1 aromatic rings. The molecule has 3 nitrogen and oxygen atoms in total. The van der Waals surface area contributed by atoms with Crippen molar-refractivity contribution in [1.29, 1.82) is 5.26 Å². The Kier molecular flexibility index (Phi) is 3.90. The molecule has 1 aliphatic rings. The van der Waals surface area contributed by atoms with Gasteiger partial charge in [0.25, 0.3) is 0 Å². The highest BCUT2D eigenvalue weighted by Crippen LogP contribution is 2.29. The molecule has 3 heteroatoms. The third-order valence-electron chi connectivity index (χ3n) is 3.10. The van der Waals surface area contributed by atoms with Crippen molar-refractivity contribution in [1.82, 2.24) is 4.98 Å². The lowest BCUT2D eigenvalue weighted by Gasteiger charge is -2.24. The first kappa shape index (κ1) is 11.1. The molecule has 1 fully saturated rings. The summed E-state index contributed by atoms with van der Waals surface area (Å²) in [6, 6.07) is 5.70. The maximum Gasteiger partial charge on any atom is 0.140 e. The van der Waals surface area contributed by atoms with Crippen LogP contribution in [0.2, 0.25) is 0 Å². The molecule has 0 saturated heterocycles. The molecule has 1 heterocycles. The number of ether oxygens (including phenoxy) is 1. The Morgan fingerprint density at radius 1 is 1.50 bits per heavy atom. The van der Waals surface area contributed by atoms with Gasteiger partial charge in [0, 0.05) is 12.8 Å². The number of hydrogen-bond acceptors (Lipinski definition) is 3. The second-order valence-corrected chi connectivity index (χ2v) is 4.30. The molecule has 1 aromatic heterocycles. The lowest BCUT2D eigenvalue weighted by Crippen LogP contribution is -2.13. The Labute approximate surface area is 96.1 Å². The summed E-state index contributed by atoms with van der Waals surface area (Å²) in [4.78, 5) is 3.92. The van der Waals surface area contributed by atoms with Crippen LogP contribution < -0.4 is 0 Å². The van der Waals surface area contributed by atoms with Crippen LogP contribution >= 0.6 is 0 Å². The van der Waals surface area contributed by atoms with E-state index < -0.39 is 0 Å². The van der Waals surface area contributed by atoms with Crippen LogP contribution in [0.4, 0.5) is 0 Å². The van der Waals surface area contributed by atoms with Crippen molar-refractivity contribution >= 4 is 0 Å². The van der Waals surface area contributed by atoms with Crippen LogP contribution in [-0.2, 0) is 11.3 Å². The Bertz CT molecular complexity index is 380. The standard InChI is InChI=1S/C13H16N2O/c14-9-13-8-12(4-6-15-13)10-16-7-5-11-2-1-3-11/h4,6,8,11H,1-3,5,7,10H2. The maximum atomic E-state index is 8.69. The summed E-state index contributed by atoms with van der Waals surface area (Å²) in [5.41, 5.74) is 1.49. The molecule has 0 unspecified atom stereocenters. The molecule has 0 spiro atoms. The average molecular weight is 216 g/mol. The quantitative estimate of drug-likeness (QED) is 0.711. The van der Waals surface area contributed by atoms with E-state index in [1.165, 1.54) is 25.7 Å². The summed E-state index contributed by atoms with van der Waals surface area (Å²) < 4.78 is 5.59. The van der Waals surface area contributed by atoms with Crippen molar-refractivity contribution in [3.05, 3.63) is 29.6 Å². The first-order valence-electron chi connectivity index (χ1n) is 5.81. The van der Waals surface area contributed by atoms with Gasteiger partial charge >= 0.3 is 0 Å². The maximum absolute atomic E-state index is 8.69. The molecule has 0 amide bonds. The van der Waals surface area contributed by atoms with Gasteiger partial charge in [-0.1, -0.05) is 19.3 Å². The number of pyridine rings is 1. The summed E-state index contributed by atoms with van der Waals surface area (Å²) in [6.07, 6.45) is 6.97. The van der Waals surface area contributed by atoms with Crippen LogP contribution in [0.3, 0.4) is 0 Å². The fraction of sp³-hybridized carbons (Fsp3) is 0.538. The van der Waals surface area contributed by atoms with Gasteiger partial charge in [-0.25, -0.2) is 4.98 Å². The minimum Gasteiger partial charge on any atom is -0.377 e. The molecule has 1 saturated carbocycles. The Balaban J connectivity index is 1.70. The topological polar surface area (TPSA) is 45.9 Å². The molecule has 84 valence electrons. The smallest absolute Gasteiger partial charge is 0.140 e. The van der Waals surface area contributed by atoms with Gasteiger partial charge in [-0.2, -0.15) is 5.26 Å². The van der Waals surface area contributed by atoms with Crippen molar-refractivity contribution in [3.8, 4) is 6.07 Å². The largest absolute Gasteiger partial charge is 0.377 e. The number of nitrogens with zero attached hydrogens (tertiary/aromatic N) is 2. The molecule has 1 aliphatic carbocycles. The highest BCUT2D eigenvalue weighted by atomic mass is 16.5. The minimum atomic E-state index is 0.458. The molecule has 0 N–H and O–H groups in total. The zero-order chi connectivity index (χ0) is 11.2. The third-order valence-corrected chi connectivity index (χ3v) is 3.10. The molecule has 0 aromatic carbocycles. The minimum absolute atomic E-state index is 0.458. The second-order valence-electron chi connectivity index (χ2n) is 4.30. The first-order chi connectivity index (χ1) is 7.88. The van der Waals surface area contributed by atoms with Gasteiger partial charge < -0.3 is 4.74 Å². The summed E-state index contributed by atoms with van der Waals surface area (Å²) in [5, 5.41) is 8.69. The zero-order valence-electron chi connectivity index (χ0n) is 9.35. The summed E-state index contributed by atoms with van der Waals surface area (Å²) in [5.74, 6) is 0.895. The van der Waals surface area contributed by atoms with E-state index in [9.17, 15) is 0 Å². The Morgan fingerprint density at radius 2 is 2.38 bits per heavy atom. The van der Waals surface area contributed by atoms with Crippen LogP contribution in [0.5, 0.6) is 0 Å². The van der Waals surface area contributed by atoms with Crippen LogP contribution in [0.15, 0.2) is 18.3 Å². The average Bonchev–Trinajstić information content (AvgIpc) is 2.27. The van der Waals surface area contributed by atoms with Gasteiger partial charge in [0.1, 0.15) is 11.8 Å². The number of aromatic nitrogens is 1. The number of hydrogen-bond donors (Lipinski definition) is 0. The molecular formula is C13H16N2O. The Hall–Kier alpha value is -1.40. The molecule has 16 heavy (non-hydrogen) atoms. The molecule has 0 bridgehead atoms. The monoisotopic (exact) mass is 216 g/mol. The van der Waals surface area contributed by atoms with E-state index in [1.54, 1.807) is 12.3 Å². The van der Waals surface area contributed by atoms with E-state index in [0.717, 1.165) is 18.1 Å². The van der Waals surface area contributed by atoms with E-state index in [4.69, 9.17) is 10.00 Å². The SMILES string of the molecule is N#Cc1cc(COCCC2CCC2)ccn1. The van der Waals surface area contributed by atoms with E-state index in [1.807, 2.05) is 12.1 Å². The van der Waals surface area contributed by atoms with E-state index in [0.29, 0.717) is 12.3 Å². The normalized spacial score (nSPS) is 15.4. The highest BCUT2D eigenvalue weighted by Gasteiger charge is 2.16. The summed E-state index contributed by atoms with van der Waals surface area (Å²) >= 11 is 0. The second kappa shape index (κ2) is 5.62. The van der Waals surface area contributed by atoms with Crippen LogP contribution in [0, 0.1) is 17.2 Å². The molecule has 0 atom stereocenters. The van der Waals surface area contributed by atoms with Crippen molar-refractivity contribution in [2.75, 3.05) is 6.61 Å². The zero-order valence-corrected chi connectivity index (χ0v) is 9.35. The predicted molar refractivity (Wildman–Crippen MR) is 60.6 cm³/mol. The van der Waals surface area contributed by atoms with E-state index >= 15 is 0 Å².